The summed E-state index contributed by atoms with van der Waals surface area (Å²) in [7, 11) is 2.17. The number of aromatic nitrogens is 2. The van der Waals surface area contributed by atoms with E-state index in [0.717, 1.165) is 50.5 Å². The van der Waals surface area contributed by atoms with E-state index in [1.807, 2.05) is 4.90 Å². The van der Waals surface area contributed by atoms with Gasteiger partial charge >= 0.3 is 0 Å². The summed E-state index contributed by atoms with van der Waals surface area (Å²) in [5, 5.41) is 0. The summed E-state index contributed by atoms with van der Waals surface area (Å²) in [6.45, 7) is 7.67. The Hall–Kier alpha value is -2.67. The summed E-state index contributed by atoms with van der Waals surface area (Å²) in [5.74, 6) is 0.509. The second kappa shape index (κ2) is 7.75. The Kier molecular flexibility index (Phi) is 5.17. The number of pyridine rings is 2. The van der Waals surface area contributed by atoms with E-state index in [1.54, 1.807) is 18.3 Å². The highest BCUT2D eigenvalue weighted by Gasteiger charge is 2.30. The molecule has 2 aromatic rings. The van der Waals surface area contributed by atoms with Crippen LogP contribution in [0.25, 0.3) is 0 Å². The molecule has 0 unspecified atom stereocenters. The Morgan fingerprint density at radius 2 is 1.96 bits per heavy atom. The van der Waals surface area contributed by atoms with Crippen LogP contribution in [-0.4, -0.2) is 72.0 Å². The molecule has 7 nitrogen and oxygen atoms in total. The number of aryl methyl sites for hydroxylation is 1. The summed E-state index contributed by atoms with van der Waals surface area (Å²) in [5.41, 5.74) is 9.74. The summed E-state index contributed by atoms with van der Waals surface area (Å²) in [6.07, 6.45) is 2.53. The normalized spacial score (nSPS) is 20.6. The second-order valence-corrected chi connectivity index (χ2v) is 7.85. The Balaban J connectivity index is 1.49. The number of likely N-dealkylation sites (N-methyl/N-ethyl adjacent to an activating group) is 1. The lowest BCUT2D eigenvalue weighted by Gasteiger charge is -2.34. The Morgan fingerprint density at radius 3 is 2.71 bits per heavy atom. The van der Waals surface area contributed by atoms with Gasteiger partial charge in [-0.3, -0.25) is 9.78 Å². The van der Waals surface area contributed by atoms with Crippen molar-refractivity contribution in [3.8, 4) is 0 Å². The maximum atomic E-state index is 12.8. The molecule has 7 heteroatoms. The molecule has 2 saturated heterocycles. The number of rotatable bonds is 3. The number of nitrogens with zero attached hydrogens (tertiary/aromatic N) is 5. The van der Waals surface area contributed by atoms with E-state index in [-0.39, 0.29) is 11.8 Å². The lowest BCUT2D eigenvalue weighted by atomic mass is 10.0. The smallest absolute Gasteiger partial charge is 0.257 e. The van der Waals surface area contributed by atoms with E-state index in [9.17, 15) is 4.79 Å². The van der Waals surface area contributed by atoms with Gasteiger partial charge in [-0.05, 0) is 44.7 Å². The maximum Gasteiger partial charge on any atom is 0.257 e. The molecule has 0 saturated carbocycles. The molecule has 0 bridgehead atoms. The van der Waals surface area contributed by atoms with Gasteiger partial charge in [0.1, 0.15) is 5.82 Å². The Bertz CT molecular complexity index is 862. The molecule has 2 N–H and O–H groups in total. The Morgan fingerprint density at radius 1 is 1.18 bits per heavy atom. The molecule has 0 aliphatic carbocycles. The number of hydrogen-bond acceptors (Lipinski definition) is 6. The predicted octanol–water partition coefficient (Wildman–Crippen LogP) is 1.75. The van der Waals surface area contributed by atoms with Crippen molar-refractivity contribution in [2.45, 2.75) is 19.3 Å². The predicted molar refractivity (Wildman–Crippen MR) is 111 cm³/mol. The summed E-state index contributed by atoms with van der Waals surface area (Å²) in [6, 6.07) is 7.88. The quantitative estimate of drug-likeness (QED) is 0.874. The summed E-state index contributed by atoms with van der Waals surface area (Å²) >= 11 is 0. The van der Waals surface area contributed by atoms with Crippen LogP contribution in [0.4, 0.5) is 11.5 Å². The van der Waals surface area contributed by atoms with Crippen LogP contribution in [0.5, 0.6) is 0 Å². The summed E-state index contributed by atoms with van der Waals surface area (Å²) < 4.78 is 0. The summed E-state index contributed by atoms with van der Waals surface area (Å²) in [4.78, 5) is 28.3. The zero-order chi connectivity index (χ0) is 19.7. The zero-order valence-corrected chi connectivity index (χ0v) is 16.6. The first kappa shape index (κ1) is 18.7. The Labute approximate surface area is 166 Å². The van der Waals surface area contributed by atoms with Crippen molar-refractivity contribution in [1.29, 1.82) is 0 Å². The highest BCUT2D eigenvalue weighted by atomic mass is 16.2. The molecule has 148 valence electrons. The van der Waals surface area contributed by atoms with Gasteiger partial charge in [-0.1, -0.05) is 0 Å². The van der Waals surface area contributed by atoms with Gasteiger partial charge in [0.15, 0.2) is 0 Å². The van der Waals surface area contributed by atoms with Crippen LogP contribution in [0.15, 0.2) is 30.5 Å². The fraction of sp³-hybridized carbons (Fsp3) is 0.476. The number of nitrogen functional groups attached to an aromatic ring is 1. The molecule has 0 aromatic carbocycles. The van der Waals surface area contributed by atoms with Crippen molar-refractivity contribution in [2.75, 3.05) is 56.9 Å². The third kappa shape index (κ3) is 3.80. The number of hydrogen-bond donors (Lipinski definition) is 1. The van der Waals surface area contributed by atoms with Crippen LogP contribution in [0.1, 0.15) is 34.1 Å². The number of nitrogens with two attached hydrogens (primary N) is 1. The molecular weight excluding hydrogens is 352 g/mol. The molecule has 0 radical (unpaired) electrons. The first-order chi connectivity index (χ1) is 13.5. The van der Waals surface area contributed by atoms with Crippen LogP contribution in [0, 0.1) is 6.92 Å². The minimum absolute atomic E-state index is 0.0416. The number of likely N-dealkylation sites (tertiary alicyclic amines) is 1. The van der Waals surface area contributed by atoms with Gasteiger partial charge in [0.2, 0.25) is 0 Å². The third-order valence-corrected chi connectivity index (χ3v) is 5.79. The fourth-order valence-electron chi connectivity index (χ4n) is 4.09. The molecule has 4 rings (SSSR count). The molecule has 2 aliphatic rings. The van der Waals surface area contributed by atoms with E-state index in [2.05, 4.69) is 40.9 Å². The average molecular weight is 380 g/mol. The van der Waals surface area contributed by atoms with Gasteiger partial charge in [-0.2, -0.15) is 0 Å². The van der Waals surface area contributed by atoms with E-state index in [4.69, 9.17) is 10.7 Å². The molecule has 1 amide bonds. The molecular formula is C21H28N6O. The molecule has 28 heavy (non-hydrogen) atoms. The fourth-order valence-corrected chi connectivity index (χ4v) is 4.09. The van der Waals surface area contributed by atoms with E-state index in [0.29, 0.717) is 17.9 Å². The monoisotopic (exact) mass is 380 g/mol. The van der Waals surface area contributed by atoms with Gasteiger partial charge < -0.3 is 20.4 Å². The average Bonchev–Trinajstić information content (AvgIpc) is 3.18. The maximum absolute atomic E-state index is 12.8. The van der Waals surface area contributed by atoms with Crippen molar-refractivity contribution < 1.29 is 4.79 Å². The van der Waals surface area contributed by atoms with Crippen LogP contribution < -0.4 is 10.6 Å². The van der Waals surface area contributed by atoms with Crippen molar-refractivity contribution in [2.24, 2.45) is 0 Å². The van der Waals surface area contributed by atoms with E-state index < -0.39 is 0 Å². The molecule has 1 atom stereocenters. The first-order valence-electron chi connectivity index (χ1n) is 9.93. The number of amides is 1. The van der Waals surface area contributed by atoms with E-state index in [1.165, 1.54) is 5.69 Å². The van der Waals surface area contributed by atoms with Crippen molar-refractivity contribution in [3.05, 3.63) is 47.4 Å². The topological polar surface area (TPSA) is 78.6 Å². The van der Waals surface area contributed by atoms with Crippen molar-refractivity contribution in [1.82, 2.24) is 19.8 Å². The minimum Gasteiger partial charge on any atom is -0.383 e. The minimum atomic E-state index is -0.0416. The van der Waals surface area contributed by atoms with Crippen molar-refractivity contribution in [3.63, 3.8) is 0 Å². The standard InChI is InChI=1S/C21H28N6O/c1-15-12-17(26-10-8-25(2)9-11-26)13-19(24-15)16-5-7-27(14-16)21(28)18-4-3-6-23-20(18)22/h3-4,6,12-13,16H,5,7-11,14H2,1-2H3,(H2,22,23)/t16-/m0/s1. The largest absolute Gasteiger partial charge is 0.383 e. The first-order valence-corrected chi connectivity index (χ1v) is 9.93. The molecule has 2 fully saturated rings. The zero-order valence-electron chi connectivity index (χ0n) is 16.6. The van der Waals surface area contributed by atoms with Gasteiger partial charge in [-0.25, -0.2) is 4.98 Å². The van der Waals surface area contributed by atoms with Crippen LogP contribution >= 0.6 is 0 Å². The van der Waals surface area contributed by atoms with Crippen LogP contribution in [0.3, 0.4) is 0 Å². The second-order valence-electron chi connectivity index (χ2n) is 7.85. The van der Waals surface area contributed by atoms with Gasteiger partial charge in [0.05, 0.1) is 5.56 Å². The molecule has 2 aromatic heterocycles. The van der Waals surface area contributed by atoms with Gasteiger partial charge in [0, 0.05) is 68.5 Å². The van der Waals surface area contributed by atoms with Crippen molar-refractivity contribution >= 4 is 17.4 Å². The van der Waals surface area contributed by atoms with Crippen LogP contribution in [-0.2, 0) is 0 Å². The number of anilines is 2. The highest BCUT2D eigenvalue weighted by molar-refractivity contribution is 5.98. The molecule has 2 aliphatic heterocycles. The number of carbonyl (C=O) groups excluding carboxylic acids is 1. The van der Waals surface area contributed by atoms with Gasteiger partial charge in [-0.15, -0.1) is 0 Å². The van der Waals surface area contributed by atoms with Crippen LogP contribution in [0.2, 0.25) is 0 Å². The lowest BCUT2D eigenvalue weighted by molar-refractivity contribution is 0.0791. The SMILES string of the molecule is Cc1cc(N2CCN(C)CC2)cc([C@H]2CCN(C(=O)c3cccnc3N)C2)n1. The lowest BCUT2D eigenvalue weighted by Crippen LogP contribution is -2.44. The van der Waals surface area contributed by atoms with E-state index >= 15 is 0 Å². The molecule has 0 spiro atoms. The molecule has 4 heterocycles. The number of piperazine rings is 1. The number of carbonyl (C=O) groups is 1. The van der Waals surface area contributed by atoms with Gasteiger partial charge in [0.25, 0.3) is 5.91 Å². The third-order valence-electron chi connectivity index (χ3n) is 5.79. The highest BCUT2D eigenvalue weighted by Crippen LogP contribution is 2.30.